The van der Waals surface area contributed by atoms with Gasteiger partial charge >= 0.3 is 0 Å². The first-order valence-corrected chi connectivity index (χ1v) is 9.88. The van der Waals surface area contributed by atoms with Gasteiger partial charge in [0.05, 0.1) is 5.56 Å². The summed E-state index contributed by atoms with van der Waals surface area (Å²) in [7, 11) is 0. The van der Waals surface area contributed by atoms with Crippen molar-refractivity contribution >= 4 is 17.5 Å². The second-order valence-electron chi connectivity index (χ2n) is 7.54. The highest BCUT2D eigenvalue weighted by atomic mass is 16.2. The van der Waals surface area contributed by atoms with Crippen LogP contribution in [0.4, 0.5) is 11.6 Å². The van der Waals surface area contributed by atoms with E-state index in [4.69, 9.17) is 0 Å². The van der Waals surface area contributed by atoms with Gasteiger partial charge in [-0.1, -0.05) is 25.0 Å². The molecule has 0 bridgehead atoms. The number of carbonyl (C=O) groups excluding carboxylic acids is 1. The number of piperazine rings is 1. The van der Waals surface area contributed by atoms with Crippen LogP contribution < -0.4 is 10.2 Å². The molecule has 1 saturated carbocycles. The highest BCUT2D eigenvalue weighted by Gasteiger charge is 2.23. The van der Waals surface area contributed by atoms with Gasteiger partial charge in [0.15, 0.2) is 0 Å². The molecule has 6 heteroatoms. The van der Waals surface area contributed by atoms with Crippen molar-refractivity contribution in [1.29, 1.82) is 0 Å². The summed E-state index contributed by atoms with van der Waals surface area (Å²) in [6.45, 7) is 5.23. The zero-order chi connectivity index (χ0) is 18.6. The quantitative estimate of drug-likeness (QED) is 0.902. The van der Waals surface area contributed by atoms with Gasteiger partial charge in [-0.25, -0.2) is 9.97 Å². The lowest BCUT2D eigenvalue weighted by Crippen LogP contribution is -2.48. The van der Waals surface area contributed by atoms with Gasteiger partial charge in [0.1, 0.15) is 0 Å². The summed E-state index contributed by atoms with van der Waals surface area (Å²) < 4.78 is 0. The molecule has 0 spiro atoms. The molecule has 2 aromatic rings. The molecule has 142 valence electrons. The number of nitrogens with zero attached hydrogens (tertiary/aromatic N) is 4. The van der Waals surface area contributed by atoms with E-state index in [-0.39, 0.29) is 5.91 Å². The molecule has 0 unspecified atom stereocenters. The van der Waals surface area contributed by atoms with Gasteiger partial charge in [-0.15, -0.1) is 0 Å². The first-order valence-electron chi connectivity index (χ1n) is 9.88. The Kier molecular flexibility index (Phi) is 5.23. The van der Waals surface area contributed by atoms with E-state index in [1.54, 1.807) is 12.4 Å². The van der Waals surface area contributed by atoms with Crippen molar-refractivity contribution < 1.29 is 4.79 Å². The molecule has 1 N–H and O–H groups in total. The summed E-state index contributed by atoms with van der Waals surface area (Å²) in [5.74, 6) is 0.647. The molecule has 1 aliphatic heterocycles. The van der Waals surface area contributed by atoms with Gasteiger partial charge < -0.3 is 15.1 Å². The van der Waals surface area contributed by atoms with Gasteiger partial charge in [-0.2, -0.15) is 0 Å². The van der Waals surface area contributed by atoms with Gasteiger partial charge in [-0.3, -0.25) is 4.79 Å². The highest BCUT2D eigenvalue weighted by molar-refractivity contribution is 5.93. The molecule has 0 radical (unpaired) electrons. The number of hydrogen-bond donors (Lipinski definition) is 1. The standard InChI is InChI=1S/C21H27N5O/c1-16-5-4-8-19(13-16)25-9-11-26(12-10-25)20(27)17-14-22-21(23-15-17)24-18-6-2-3-7-18/h4-5,8,13-15,18H,2-3,6-7,9-12H2,1H3,(H,22,23,24). The molecule has 1 aromatic carbocycles. The summed E-state index contributed by atoms with van der Waals surface area (Å²) in [6, 6.07) is 8.99. The van der Waals surface area contributed by atoms with E-state index in [9.17, 15) is 4.79 Å². The summed E-state index contributed by atoms with van der Waals surface area (Å²) >= 11 is 0. The monoisotopic (exact) mass is 365 g/mol. The molecule has 0 atom stereocenters. The normalized spacial score (nSPS) is 18.0. The van der Waals surface area contributed by atoms with Crippen molar-refractivity contribution in [3.05, 3.63) is 47.8 Å². The molecule has 1 aromatic heterocycles. The minimum Gasteiger partial charge on any atom is -0.368 e. The van der Waals surface area contributed by atoms with Crippen LogP contribution in [0.3, 0.4) is 0 Å². The Labute approximate surface area is 160 Å². The van der Waals surface area contributed by atoms with Gasteiger partial charge in [0.2, 0.25) is 5.95 Å². The van der Waals surface area contributed by atoms with Crippen LogP contribution in [0.15, 0.2) is 36.7 Å². The van der Waals surface area contributed by atoms with E-state index in [0.717, 1.165) is 26.2 Å². The lowest BCUT2D eigenvalue weighted by molar-refractivity contribution is 0.0746. The third-order valence-electron chi connectivity index (χ3n) is 5.52. The van der Waals surface area contributed by atoms with E-state index in [2.05, 4.69) is 51.4 Å². The molecule has 27 heavy (non-hydrogen) atoms. The Balaban J connectivity index is 1.33. The predicted molar refractivity (Wildman–Crippen MR) is 107 cm³/mol. The van der Waals surface area contributed by atoms with Crippen LogP contribution in [0.25, 0.3) is 0 Å². The average Bonchev–Trinajstić information content (AvgIpc) is 3.21. The van der Waals surface area contributed by atoms with Gasteiger partial charge in [0.25, 0.3) is 5.91 Å². The van der Waals surface area contributed by atoms with Crippen molar-refractivity contribution in [2.45, 2.75) is 38.6 Å². The number of anilines is 2. The fourth-order valence-electron chi connectivity index (χ4n) is 3.94. The maximum atomic E-state index is 12.8. The van der Waals surface area contributed by atoms with Crippen LogP contribution in [0, 0.1) is 6.92 Å². The SMILES string of the molecule is Cc1cccc(N2CCN(C(=O)c3cnc(NC4CCCC4)nc3)CC2)c1. The first-order chi connectivity index (χ1) is 13.2. The topological polar surface area (TPSA) is 61.4 Å². The van der Waals surface area contributed by atoms with Crippen LogP contribution in [-0.4, -0.2) is 53.0 Å². The largest absolute Gasteiger partial charge is 0.368 e. The first kappa shape index (κ1) is 17.8. The fraction of sp³-hybridized carbons (Fsp3) is 0.476. The molecular weight excluding hydrogens is 338 g/mol. The van der Waals surface area contributed by atoms with Crippen LogP contribution in [-0.2, 0) is 0 Å². The van der Waals surface area contributed by atoms with Gasteiger partial charge in [-0.05, 0) is 37.5 Å². The zero-order valence-corrected chi connectivity index (χ0v) is 15.9. The number of rotatable bonds is 4. The fourth-order valence-corrected chi connectivity index (χ4v) is 3.94. The van der Waals surface area contributed by atoms with Crippen LogP contribution in [0.2, 0.25) is 0 Å². The second kappa shape index (κ2) is 7.94. The maximum Gasteiger partial charge on any atom is 0.257 e. The molecule has 2 heterocycles. The lowest BCUT2D eigenvalue weighted by atomic mass is 10.2. The molecular formula is C21H27N5O. The van der Waals surface area contributed by atoms with E-state index in [1.165, 1.54) is 36.9 Å². The van der Waals surface area contributed by atoms with Gasteiger partial charge in [0, 0.05) is 50.3 Å². The Morgan fingerprint density at radius 2 is 1.78 bits per heavy atom. The highest BCUT2D eigenvalue weighted by Crippen LogP contribution is 2.21. The minimum atomic E-state index is 0.0197. The van der Waals surface area contributed by atoms with E-state index in [0.29, 0.717) is 17.6 Å². The van der Waals surface area contributed by atoms with E-state index in [1.807, 2.05) is 4.90 Å². The summed E-state index contributed by atoms with van der Waals surface area (Å²) in [4.78, 5) is 25.7. The number of carbonyl (C=O) groups is 1. The molecule has 2 aliphatic rings. The minimum absolute atomic E-state index is 0.0197. The smallest absolute Gasteiger partial charge is 0.257 e. The Morgan fingerprint density at radius 3 is 2.44 bits per heavy atom. The maximum absolute atomic E-state index is 12.8. The van der Waals surface area contributed by atoms with Crippen LogP contribution in [0.1, 0.15) is 41.6 Å². The number of hydrogen-bond acceptors (Lipinski definition) is 5. The number of aryl methyl sites for hydroxylation is 1. The Morgan fingerprint density at radius 1 is 1.07 bits per heavy atom. The zero-order valence-electron chi connectivity index (χ0n) is 15.9. The number of benzene rings is 1. The molecule has 1 aliphatic carbocycles. The average molecular weight is 365 g/mol. The molecule has 6 nitrogen and oxygen atoms in total. The molecule has 4 rings (SSSR count). The molecule has 1 saturated heterocycles. The molecule has 1 amide bonds. The molecule has 2 fully saturated rings. The van der Waals surface area contributed by atoms with E-state index >= 15 is 0 Å². The summed E-state index contributed by atoms with van der Waals surface area (Å²) in [6.07, 6.45) is 8.19. The Hall–Kier alpha value is -2.63. The van der Waals surface area contributed by atoms with E-state index < -0.39 is 0 Å². The van der Waals surface area contributed by atoms with Crippen LogP contribution >= 0.6 is 0 Å². The third kappa shape index (κ3) is 4.21. The number of amides is 1. The second-order valence-corrected chi connectivity index (χ2v) is 7.54. The van der Waals surface area contributed by atoms with Crippen molar-refractivity contribution in [2.75, 3.05) is 36.4 Å². The third-order valence-corrected chi connectivity index (χ3v) is 5.52. The van der Waals surface area contributed by atoms with Crippen molar-refractivity contribution in [3.63, 3.8) is 0 Å². The summed E-state index contributed by atoms with van der Waals surface area (Å²) in [5.41, 5.74) is 3.05. The van der Waals surface area contributed by atoms with Crippen molar-refractivity contribution in [2.24, 2.45) is 0 Å². The predicted octanol–water partition coefficient (Wildman–Crippen LogP) is 3.10. The van der Waals surface area contributed by atoms with Crippen molar-refractivity contribution in [3.8, 4) is 0 Å². The van der Waals surface area contributed by atoms with Crippen molar-refractivity contribution in [1.82, 2.24) is 14.9 Å². The Bertz CT molecular complexity index is 777. The summed E-state index contributed by atoms with van der Waals surface area (Å²) in [5, 5.41) is 3.36. The number of nitrogens with one attached hydrogen (secondary N) is 1. The lowest BCUT2D eigenvalue weighted by Gasteiger charge is -2.36. The van der Waals surface area contributed by atoms with Crippen LogP contribution in [0.5, 0.6) is 0 Å². The number of aromatic nitrogens is 2.